The molecule has 7 nitrogen and oxygen atoms in total. The lowest BCUT2D eigenvalue weighted by atomic mass is 10.1. The minimum Gasteiger partial charge on any atom is -0.393 e. The Kier molecular flexibility index (Phi) is 5.86. The van der Waals surface area contributed by atoms with Crippen molar-refractivity contribution < 1.29 is 4.79 Å². The average Bonchev–Trinajstić information content (AvgIpc) is 2.80. The van der Waals surface area contributed by atoms with Crippen LogP contribution in [-0.4, -0.2) is 22.4 Å². The smallest absolute Gasteiger partial charge is 0.271 e. The summed E-state index contributed by atoms with van der Waals surface area (Å²) in [6.45, 7) is 2.66. The third kappa shape index (κ3) is 4.08. The summed E-state index contributed by atoms with van der Waals surface area (Å²) >= 11 is 6.09. The van der Waals surface area contributed by atoms with Crippen LogP contribution < -0.4 is 21.5 Å². The van der Waals surface area contributed by atoms with Gasteiger partial charge in [-0.05, 0) is 30.5 Å². The van der Waals surface area contributed by atoms with Crippen LogP contribution in [0.3, 0.4) is 0 Å². The Labute approximate surface area is 184 Å². The molecule has 0 radical (unpaired) electrons. The van der Waals surface area contributed by atoms with E-state index >= 15 is 0 Å². The number of carbonyl (C=O) groups is 1. The molecule has 4 rings (SSSR count). The molecule has 0 fully saturated rings. The largest absolute Gasteiger partial charge is 0.393 e. The molecule has 3 aromatic carbocycles. The molecule has 0 saturated carbocycles. The van der Waals surface area contributed by atoms with Crippen LogP contribution in [0.1, 0.15) is 17.3 Å². The highest BCUT2D eigenvalue weighted by Gasteiger charge is 2.18. The van der Waals surface area contributed by atoms with Crippen molar-refractivity contribution in [1.29, 1.82) is 0 Å². The second-order valence-corrected chi connectivity index (χ2v) is 7.17. The molecule has 0 unspecified atom stereocenters. The van der Waals surface area contributed by atoms with Crippen LogP contribution in [0.4, 0.5) is 23.0 Å². The van der Waals surface area contributed by atoms with Crippen molar-refractivity contribution in [1.82, 2.24) is 15.4 Å². The van der Waals surface area contributed by atoms with E-state index in [-0.39, 0.29) is 0 Å². The minimum absolute atomic E-state index is 0.295. The standard InChI is InChI=1S/C23H21ClN6O/c1-2-30(19-13-7-9-15-8-3-4-10-16(15)19)22-20(25)21(26-14-27-22)28-29-23(31)17-11-5-6-12-18(17)24/h3-14H,2,25H2,1H3,(H,29,31)(H,26,27,28). The first-order valence-electron chi connectivity index (χ1n) is 9.76. The Bertz CT molecular complexity index is 1240. The summed E-state index contributed by atoms with van der Waals surface area (Å²) < 4.78 is 0. The van der Waals surface area contributed by atoms with Gasteiger partial charge in [-0.15, -0.1) is 0 Å². The van der Waals surface area contributed by atoms with Crippen LogP contribution in [-0.2, 0) is 0 Å². The Morgan fingerprint density at radius 3 is 2.58 bits per heavy atom. The van der Waals surface area contributed by atoms with Gasteiger partial charge in [0.2, 0.25) is 0 Å². The fraction of sp³-hybridized carbons (Fsp3) is 0.0870. The van der Waals surface area contributed by atoms with Gasteiger partial charge in [0, 0.05) is 11.9 Å². The van der Waals surface area contributed by atoms with Crippen molar-refractivity contribution in [3.05, 3.63) is 83.6 Å². The van der Waals surface area contributed by atoms with Crippen molar-refractivity contribution in [3.63, 3.8) is 0 Å². The molecule has 4 aromatic rings. The lowest BCUT2D eigenvalue weighted by molar-refractivity contribution is 0.0962. The molecule has 1 heterocycles. The van der Waals surface area contributed by atoms with Crippen LogP contribution >= 0.6 is 11.6 Å². The first-order chi connectivity index (χ1) is 15.1. The first-order valence-corrected chi connectivity index (χ1v) is 10.1. The van der Waals surface area contributed by atoms with Gasteiger partial charge in [-0.1, -0.05) is 60.1 Å². The van der Waals surface area contributed by atoms with Crippen molar-refractivity contribution in [2.75, 3.05) is 22.6 Å². The van der Waals surface area contributed by atoms with Crippen molar-refractivity contribution in [2.24, 2.45) is 0 Å². The summed E-state index contributed by atoms with van der Waals surface area (Å²) in [6.07, 6.45) is 1.41. The van der Waals surface area contributed by atoms with Crippen LogP contribution in [0, 0.1) is 0 Å². The Hall–Kier alpha value is -3.84. The molecule has 0 aliphatic carbocycles. The van der Waals surface area contributed by atoms with E-state index in [1.807, 2.05) is 36.1 Å². The molecule has 156 valence electrons. The third-order valence-corrected chi connectivity index (χ3v) is 5.23. The maximum absolute atomic E-state index is 12.4. The topological polar surface area (TPSA) is 96.2 Å². The molecule has 0 spiro atoms. The third-order valence-electron chi connectivity index (χ3n) is 4.91. The molecule has 8 heteroatoms. The number of rotatable bonds is 6. The molecular weight excluding hydrogens is 412 g/mol. The highest BCUT2D eigenvalue weighted by atomic mass is 35.5. The fourth-order valence-corrected chi connectivity index (χ4v) is 3.63. The number of halogens is 1. The number of fused-ring (bicyclic) bond motifs is 1. The minimum atomic E-state index is -0.397. The van der Waals surface area contributed by atoms with Gasteiger partial charge in [-0.2, -0.15) is 0 Å². The monoisotopic (exact) mass is 432 g/mol. The lowest BCUT2D eigenvalue weighted by Gasteiger charge is -2.25. The van der Waals surface area contributed by atoms with Gasteiger partial charge < -0.3 is 10.6 Å². The van der Waals surface area contributed by atoms with Gasteiger partial charge in [-0.3, -0.25) is 15.6 Å². The molecule has 1 amide bonds. The normalized spacial score (nSPS) is 10.6. The molecular formula is C23H21ClN6O. The van der Waals surface area contributed by atoms with E-state index in [0.29, 0.717) is 34.5 Å². The number of hydrogen-bond donors (Lipinski definition) is 3. The highest BCUT2D eigenvalue weighted by Crippen LogP contribution is 2.35. The fourth-order valence-electron chi connectivity index (χ4n) is 3.41. The molecule has 4 N–H and O–H groups in total. The van der Waals surface area contributed by atoms with Crippen molar-refractivity contribution in [2.45, 2.75) is 6.92 Å². The van der Waals surface area contributed by atoms with E-state index in [9.17, 15) is 4.79 Å². The number of benzene rings is 3. The maximum Gasteiger partial charge on any atom is 0.271 e. The molecule has 0 aliphatic rings. The van der Waals surface area contributed by atoms with Gasteiger partial charge in [0.25, 0.3) is 5.91 Å². The SMILES string of the molecule is CCN(c1ncnc(NNC(=O)c2ccccc2Cl)c1N)c1cccc2ccccc12. The van der Waals surface area contributed by atoms with E-state index in [2.05, 4.69) is 39.0 Å². The van der Waals surface area contributed by atoms with Crippen LogP contribution in [0.25, 0.3) is 10.8 Å². The molecule has 0 aliphatic heterocycles. The quantitative estimate of drug-likeness (QED) is 0.379. The summed E-state index contributed by atoms with van der Waals surface area (Å²) in [6, 6.07) is 21.0. The van der Waals surface area contributed by atoms with Crippen LogP contribution in [0.5, 0.6) is 0 Å². The molecule has 0 atom stereocenters. The Balaban J connectivity index is 1.63. The number of hydrogen-bond acceptors (Lipinski definition) is 6. The zero-order valence-electron chi connectivity index (χ0n) is 16.8. The van der Waals surface area contributed by atoms with Gasteiger partial charge >= 0.3 is 0 Å². The number of nitrogens with two attached hydrogens (primary N) is 1. The predicted octanol–water partition coefficient (Wildman–Crippen LogP) is 4.78. The van der Waals surface area contributed by atoms with E-state index in [0.717, 1.165) is 16.5 Å². The summed E-state index contributed by atoms with van der Waals surface area (Å²) in [7, 11) is 0. The number of aromatic nitrogens is 2. The number of nitrogens with one attached hydrogen (secondary N) is 2. The summed E-state index contributed by atoms with van der Waals surface area (Å²) in [5.41, 5.74) is 13.4. The van der Waals surface area contributed by atoms with Gasteiger partial charge in [0.1, 0.15) is 12.0 Å². The number of anilines is 4. The zero-order valence-corrected chi connectivity index (χ0v) is 17.6. The zero-order chi connectivity index (χ0) is 21.8. The molecule has 0 saturated heterocycles. The van der Waals surface area contributed by atoms with Crippen LogP contribution in [0.15, 0.2) is 73.1 Å². The summed E-state index contributed by atoms with van der Waals surface area (Å²) in [5.74, 6) is 0.444. The van der Waals surface area contributed by atoms with Crippen LogP contribution in [0.2, 0.25) is 5.02 Å². The second kappa shape index (κ2) is 8.89. The Morgan fingerprint density at radius 2 is 1.77 bits per heavy atom. The molecule has 0 bridgehead atoms. The first kappa shape index (κ1) is 20.4. The van der Waals surface area contributed by atoms with Gasteiger partial charge in [0.15, 0.2) is 11.6 Å². The van der Waals surface area contributed by atoms with E-state index in [1.54, 1.807) is 24.3 Å². The number of amides is 1. The van der Waals surface area contributed by atoms with Gasteiger partial charge in [0.05, 0.1) is 16.3 Å². The number of hydrazine groups is 1. The number of nitrogens with zero attached hydrogens (tertiary/aromatic N) is 3. The lowest BCUT2D eigenvalue weighted by Crippen LogP contribution is -2.31. The van der Waals surface area contributed by atoms with Crippen molar-refractivity contribution in [3.8, 4) is 0 Å². The summed E-state index contributed by atoms with van der Waals surface area (Å²) in [4.78, 5) is 23.0. The average molecular weight is 433 g/mol. The molecule has 1 aromatic heterocycles. The molecule has 31 heavy (non-hydrogen) atoms. The highest BCUT2D eigenvalue weighted by molar-refractivity contribution is 6.33. The van der Waals surface area contributed by atoms with E-state index < -0.39 is 5.91 Å². The van der Waals surface area contributed by atoms with Gasteiger partial charge in [-0.25, -0.2) is 9.97 Å². The van der Waals surface area contributed by atoms with E-state index in [1.165, 1.54) is 6.33 Å². The number of carbonyl (C=O) groups excluding carboxylic acids is 1. The van der Waals surface area contributed by atoms with Crippen molar-refractivity contribution >= 4 is 51.3 Å². The number of nitrogen functional groups attached to an aromatic ring is 1. The van der Waals surface area contributed by atoms with E-state index in [4.69, 9.17) is 17.3 Å². The Morgan fingerprint density at radius 1 is 1.03 bits per heavy atom. The second-order valence-electron chi connectivity index (χ2n) is 6.76. The summed E-state index contributed by atoms with van der Waals surface area (Å²) in [5, 5.41) is 2.56. The maximum atomic E-state index is 12.4. The predicted molar refractivity (Wildman–Crippen MR) is 126 cm³/mol.